The SMILES string of the molecule is CCCn1cc(Oc2ccc(C(C)=O)c(Cl)c2)cn1. The highest BCUT2D eigenvalue weighted by atomic mass is 35.5. The molecule has 19 heavy (non-hydrogen) atoms. The zero-order chi connectivity index (χ0) is 13.8. The second-order valence-electron chi connectivity index (χ2n) is 4.24. The van der Waals surface area contributed by atoms with Crippen LogP contribution < -0.4 is 4.74 Å². The number of nitrogens with zero attached hydrogens (tertiary/aromatic N) is 2. The molecule has 0 N–H and O–H groups in total. The van der Waals surface area contributed by atoms with Gasteiger partial charge in [0.1, 0.15) is 5.75 Å². The van der Waals surface area contributed by atoms with Crippen LogP contribution in [-0.2, 0) is 6.54 Å². The lowest BCUT2D eigenvalue weighted by molar-refractivity contribution is 0.101. The number of carbonyl (C=O) groups excluding carboxylic acids is 1. The normalized spacial score (nSPS) is 10.5. The number of halogens is 1. The second kappa shape index (κ2) is 5.89. The molecule has 0 aliphatic carbocycles. The van der Waals surface area contributed by atoms with Crippen molar-refractivity contribution in [2.45, 2.75) is 26.8 Å². The van der Waals surface area contributed by atoms with Gasteiger partial charge < -0.3 is 4.74 Å². The van der Waals surface area contributed by atoms with E-state index in [0.29, 0.717) is 22.1 Å². The highest BCUT2D eigenvalue weighted by Crippen LogP contribution is 2.26. The minimum atomic E-state index is -0.0627. The first-order valence-corrected chi connectivity index (χ1v) is 6.48. The maximum Gasteiger partial charge on any atom is 0.165 e. The smallest absolute Gasteiger partial charge is 0.165 e. The first-order chi connectivity index (χ1) is 9.10. The zero-order valence-corrected chi connectivity index (χ0v) is 11.6. The Labute approximate surface area is 116 Å². The molecule has 4 nitrogen and oxygen atoms in total. The first kappa shape index (κ1) is 13.6. The molecule has 0 aliphatic heterocycles. The van der Waals surface area contributed by atoms with E-state index in [9.17, 15) is 4.79 Å². The molecule has 0 amide bonds. The van der Waals surface area contributed by atoms with E-state index in [2.05, 4.69) is 12.0 Å². The van der Waals surface area contributed by atoms with Gasteiger partial charge in [0.05, 0.1) is 17.4 Å². The van der Waals surface area contributed by atoms with E-state index < -0.39 is 0 Å². The zero-order valence-electron chi connectivity index (χ0n) is 10.9. The molecule has 1 heterocycles. The third-order valence-electron chi connectivity index (χ3n) is 2.62. The first-order valence-electron chi connectivity index (χ1n) is 6.11. The predicted molar refractivity (Wildman–Crippen MR) is 74.0 cm³/mol. The van der Waals surface area contributed by atoms with Gasteiger partial charge in [-0.15, -0.1) is 0 Å². The summed E-state index contributed by atoms with van der Waals surface area (Å²) in [5, 5.41) is 4.57. The average molecular weight is 279 g/mol. The van der Waals surface area contributed by atoms with Crippen molar-refractivity contribution in [2.75, 3.05) is 0 Å². The third-order valence-corrected chi connectivity index (χ3v) is 2.93. The van der Waals surface area contributed by atoms with Gasteiger partial charge in [-0.1, -0.05) is 18.5 Å². The molecule has 0 saturated carbocycles. The van der Waals surface area contributed by atoms with Crippen molar-refractivity contribution in [3.05, 3.63) is 41.2 Å². The molecule has 0 fully saturated rings. The standard InChI is InChI=1S/C14H15ClN2O2/c1-3-6-17-9-12(8-16-17)19-11-4-5-13(10(2)18)14(15)7-11/h4-5,7-9H,3,6H2,1-2H3. The second-order valence-corrected chi connectivity index (χ2v) is 4.65. The van der Waals surface area contributed by atoms with Crippen molar-refractivity contribution in [2.24, 2.45) is 0 Å². The summed E-state index contributed by atoms with van der Waals surface area (Å²) in [6, 6.07) is 5.02. The van der Waals surface area contributed by atoms with Gasteiger partial charge >= 0.3 is 0 Å². The molecule has 100 valence electrons. The van der Waals surface area contributed by atoms with E-state index in [4.69, 9.17) is 16.3 Å². The summed E-state index contributed by atoms with van der Waals surface area (Å²) in [5.41, 5.74) is 0.496. The van der Waals surface area contributed by atoms with Crippen molar-refractivity contribution < 1.29 is 9.53 Å². The number of ether oxygens (including phenoxy) is 1. The molecule has 0 unspecified atom stereocenters. The molecule has 5 heteroatoms. The van der Waals surface area contributed by atoms with E-state index in [0.717, 1.165) is 13.0 Å². The maximum atomic E-state index is 11.3. The van der Waals surface area contributed by atoms with Crippen LogP contribution in [0.25, 0.3) is 0 Å². The van der Waals surface area contributed by atoms with Crippen LogP contribution in [0.4, 0.5) is 0 Å². The lowest BCUT2D eigenvalue weighted by Crippen LogP contribution is -1.95. The molecule has 0 atom stereocenters. The average Bonchev–Trinajstić information content (AvgIpc) is 2.76. The molecule has 2 aromatic rings. The maximum absolute atomic E-state index is 11.3. The number of aromatic nitrogens is 2. The molecule has 0 spiro atoms. The van der Waals surface area contributed by atoms with Gasteiger partial charge in [-0.2, -0.15) is 5.10 Å². The van der Waals surface area contributed by atoms with Crippen molar-refractivity contribution >= 4 is 17.4 Å². The highest BCUT2D eigenvalue weighted by Gasteiger charge is 2.08. The van der Waals surface area contributed by atoms with Gasteiger partial charge in [0, 0.05) is 18.2 Å². The summed E-state index contributed by atoms with van der Waals surface area (Å²) in [6.45, 7) is 4.42. The van der Waals surface area contributed by atoms with E-state index in [1.807, 2.05) is 10.9 Å². The fourth-order valence-electron chi connectivity index (χ4n) is 1.73. The van der Waals surface area contributed by atoms with Crippen molar-refractivity contribution in [1.29, 1.82) is 0 Å². The molecular formula is C14H15ClN2O2. The van der Waals surface area contributed by atoms with Crippen LogP contribution in [0.5, 0.6) is 11.5 Å². The van der Waals surface area contributed by atoms with Gasteiger partial charge in [0.25, 0.3) is 0 Å². The molecule has 2 rings (SSSR count). The van der Waals surface area contributed by atoms with E-state index >= 15 is 0 Å². The monoisotopic (exact) mass is 278 g/mol. The van der Waals surface area contributed by atoms with Gasteiger partial charge in [-0.3, -0.25) is 9.48 Å². The number of Topliss-reactive ketones (excluding diaryl/α,β-unsaturated/α-hetero) is 1. The minimum absolute atomic E-state index is 0.0627. The molecular weight excluding hydrogens is 264 g/mol. The van der Waals surface area contributed by atoms with Gasteiger partial charge in [0.2, 0.25) is 0 Å². The number of carbonyl (C=O) groups is 1. The molecule has 0 radical (unpaired) electrons. The molecule has 0 aliphatic rings. The van der Waals surface area contributed by atoms with Crippen LogP contribution in [0.2, 0.25) is 5.02 Å². The Morgan fingerprint density at radius 2 is 2.21 bits per heavy atom. The quantitative estimate of drug-likeness (QED) is 0.778. The summed E-state index contributed by atoms with van der Waals surface area (Å²) in [6.07, 6.45) is 4.50. The van der Waals surface area contributed by atoms with Crippen LogP contribution in [-0.4, -0.2) is 15.6 Å². The van der Waals surface area contributed by atoms with Crippen LogP contribution in [0.3, 0.4) is 0 Å². The van der Waals surface area contributed by atoms with E-state index in [-0.39, 0.29) is 5.78 Å². The highest BCUT2D eigenvalue weighted by molar-refractivity contribution is 6.34. The number of hydrogen-bond donors (Lipinski definition) is 0. The lowest BCUT2D eigenvalue weighted by atomic mass is 10.1. The van der Waals surface area contributed by atoms with Crippen molar-refractivity contribution in [1.82, 2.24) is 9.78 Å². The number of aryl methyl sites for hydroxylation is 1. The Morgan fingerprint density at radius 3 is 2.84 bits per heavy atom. The Hall–Kier alpha value is -1.81. The number of rotatable bonds is 5. The Bertz CT molecular complexity index is 593. The van der Waals surface area contributed by atoms with Crippen LogP contribution >= 0.6 is 11.6 Å². The third kappa shape index (κ3) is 3.35. The van der Waals surface area contributed by atoms with Gasteiger partial charge in [-0.25, -0.2) is 0 Å². The lowest BCUT2D eigenvalue weighted by Gasteiger charge is -2.05. The van der Waals surface area contributed by atoms with E-state index in [1.165, 1.54) is 6.92 Å². The molecule has 0 bridgehead atoms. The van der Waals surface area contributed by atoms with Gasteiger partial charge in [0.15, 0.2) is 11.5 Å². The van der Waals surface area contributed by atoms with E-state index in [1.54, 1.807) is 24.4 Å². The largest absolute Gasteiger partial charge is 0.454 e. The number of benzene rings is 1. The van der Waals surface area contributed by atoms with Crippen LogP contribution in [0.15, 0.2) is 30.6 Å². The molecule has 0 saturated heterocycles. The fraction of sp³-hybridized carbons (Fsp3) is 0.286. The number of ketones is 1. The Balaban J connectivity index is 2.14. The summed E-state index contributed by atoms with van der Waals surface area (Å²) < 4.78 is 7.46. The topological polar surface area (TPSA) is 44.1 Å². The predicted octanol–water partition coefficient (Wildman–Crippen LogP) is 3.94. The number of hydrogen-bond acceptors (Lipinski definition) is 3. The van der Waals surface area contributed by atoms with Crippen molar-refractivity contribution in [3.63, 3.8) is 0 Å². The molecule has 1 aromatic carbocycles. The Morgan fingerprint density at radius 1 is 1.42 bits per heavy atom. The fourth-order valence-corrected chi connectivity index (χ4v) is 2.03. The Kier molecular flexibility index (Phi) is 4.22. The minimum Gasteiger partial charge on any atom is -0.454 e. The van der Waals surface area contributed by atoms with Crippen LogP contribution in [0.1, 0.15) is 30.6 Å². The summed E-state index contributed by atoms with van der Waals surface area (Å²) in [7, 11) is 0. The van der Waals surface area contributed by atoms with Gasteiger partial charge in [-0.05, 0) is 25.5 Å². The summed E-state index contributed by atoms with van der Waals surface area (Å²) in [5.74, 6) is 1.18. The summed E-state index contributed by atoms with van der Waals surface area (Å²) in [4.78, 5) is 11.3. The van der Waals surface area contributed by atoms with Crippen molar-refractivity contribution in [3.8, 4) is 11.5 Å². The summed E-state index contributed by atoms with van der Waals surface area (Å²) >= 11 is 6.02. The van der Waals surface area contributed by atoms with Crippen LogP contribution in [0, 0.1) is 0 Å². The molecule has 1 aromatic heterocycles.